The highest BCUT2D eigenvalue weighted by molar-refractivity contribution is 7.13. The van der Waals surface area contributed by atoms with E-state index in [1.165, 1.54) is 0 Å². The molecule has 6 nitrogen and oxygen atoms in total. The average Bonchev–Trinajstić information content (AvgIpc) is 3.04. The molecule has 1 amide bonds. The molecule has 0 N–H and O–H groups in total. The molecule has 0 atom stereocenters. The molecule has 28 heavy (non-hydrogen) atoms. The lowest BCUT2D eigenvalue weighted by atomic mass is 10.2. The lowest BCUT2D eigenvalue weighted by molar-refractivity contribution is 0.0930. The van der Waals surface area contributed by atoms with Crippen LogP contribution in [0.1, 0.15) is 26.0 Å². The van der Waals surface area contributed by atoms with Gasteiger partial charge in [-0.3, -0.25) is 4.90 Å². The minimum absolute atomic E-state index is 0.190. The smallest absolute Gasteiger partial charge is 0.409 e. The molecule has 2 aromatic rings. The van der Waals surface area contributed by atoms with Crippen molar-refractivity contribution in [3.05, 3.63) is 35.3 Å². The van der Waals surface area contributed by atoms with Gasteiger partial charge in [0.05, 0.1) is 19.4 Å². The van der Waals surface area contributed by atoms with Gasteiger partial charge in [-0.25, -0.2) is 9.78 Å². The number of carbonyl (C=O) groups is 1. The molecular weight excluding hydrogens is 374 g/mol. The zero-order valence-corrected chi connectivity index (χ0v) is 17.7. The highest BCUT2D eigenvalue weighted by atomic mass is 32.1. The zero-order chi connectivity index (χ0) is 19.9. The minimum atomic E-state index is -0.190. The van der Waals surface area contributed by atoms with E-state index in [0.29, 0.717) is 19.1 Å². The van der Waals surface area contributed by atoms with Crippen molar-refractivity contribution in [1.82, 2.24) is 14.8 Å². The number of benzene rings is 1. The van der Waals surface area contributed by atoms with E-state index in [9.17, 15) is 4.79 Å². The molecule has 3 rings (SSSR count). The topological polar surface area (TPSA) is 54.9 Å². The molecule has 0 saturated carbocycles. The summed E-state index contributed by atoms with van der Waals surface area (Å²) in [7, 11) is 1.67. The second-order valence-electron chi connectivity index (χ2n) is 7.46. The Kier molecular flexibility index (Phi) is 7.28. The fourth-order valence-electron chi connectivity index (χ4n) is 3.14. The number of hydrogen-bond acceptors (Lipinski definition) is 6. The fraction of sp³-hybridized carbons (Fsp3) is 0.524. The fourth-order valence-corrected chi connectivity index (χ4v) is 3.95. The summed E-state index contributed by atoms with van der Waals surface area (Å²) in [6, 6.07) is 7.98. The van der Waals surface area contributed by atoms with Crippen molar-refractivity contribution in [2.45, 2.75) is 26.8 Å². The molecule has 1 fully saturated rings. The first-order chi connectivity index (χ1) is 13.5. The molecule has 1 aromatic carbocycles. The van der Waals surface area contributed by atoms with E-state index < -0.39 is 0 Å². The molecule has 1 saturated heterocycles. The van der Waals surface area contributed by atoms with Gasteiger partial charge in [-0.05, 0) is 24.5 Å². The highest BCUT2D eigenvalue weighted by Crippen LogP contribution is 2.27. The van der Waals surface area contributed by atoms with Crippen LogP contribution in [0.25, 0.3) is 10.6 Å². The molecule has 0 aliphatic carbocycles. The number of methoxy groups -OCH3 is 1. The molecule has 7 heteroatoms. The third-order valence-corrected chi connectivity index (χ3v) is 5.58. The van der Waals surface area contributed by atoms with Crippen molar-refractivity contribution in [3.63, 3.8) is 0 Å². The molecule has 0 spiro atoms. The number of thiazole rings is 1. The first-order valence-electron chi connectivity index (χ1n) is 9.78. The summed E-state index contributed by atoms with van der Waals surface area (Å²) in [5, 5.41) is 3.12. The Bertz CT molecular complexity index is 778. The Morgan fingerprint density at radius 1 is 1.25 bits per heavy atom. The molecule has 0 bridgehead atoms. The van der Waals surface area contributed by atoms with Gasteiger partial charge in [0.15, 0.2) is 0 Å². The summed E-state index contributed by atoms with van der Waals surface area (Å²) in [6.07, 6.45) is 0.758. The molecule has 1 aliphatic heterocycles. The van der Waals surface area contributed by atoms with Crippen LogP contribution in [-0.2, 0) is 11.3 Å². The van der Waals surface area contributed by atoms with Gasteiger partial charge in [0.25, 0.3) is 0 Å². The maximum atomic E-state index is 12.2. The van der Waals surface area contributed by atoms with Crippen molar-refractivity contribution in [2.24, 2.45) is 5.92 Å². The summed E-state index contributed by atoms with van der Waals surface area (Å²) in [5.41, 5.74) is 2.14. The second-order valence-corrected chi connectivity index (χ2v) is 8.32. The Morgan fingerprint density at radius 2 is 2.11 bits per heavy atom. The van der Waals surface area contributed by atoms with Crippen LogP contribution in [0.3, 0.4) is 0 Å². The molecule has 1 aliphatic rings. The summed E-state index contributed by atoms with van der Waals surface area (Å²) >= 11 is 1.65. The number of aromatic nitrogens is 1. The van der Waals surface area contributed by atoms with Crippen molar-refractivity contribution >= 4 is 17.4 Å². The van der Waals surface area contributed by atoms with Gasteiger partial charge in [0, 0.05) is 43.7 Å². The molecule has 2 heterocycles. The number of rotatable bonds is 6. The standard InChI is InChI=1S/C21H29N3O3S/c1-16(2)14-27-21(25)24-9-5-8-23(10-11-24)13-18-15-28-20(22-18)17-6-4-7-19(12-17)26-3/h4,6-7,12,15-16H,5,8-11,13-14H2,1-3H3. The first kappa shape index (κ1) is 20.6. The SMILES string of the molecule is COc1cccc(-c2nc(CN3CCCN(C(=O)OCC(C)C)CC3)cs2)c1. The van der Waals surface area contributed by atoms with Crippen molar-refractivity contribution in [1.29, 1.82) is 0 Å². The molecule has 0 radical (unpaired) electrons. The minimum Gasteiger partial charge on any atom is -0.497 e. The predicted octanol–water partition coefficient (Wildman–Crippen LogP) is 4.12. The second kappa shape index (κ2) is 9.89. The lowest BCUT2D eigenvalue weighted by Crippen LogP contribution is -2.36. The zero-order valence-electron chi connectivity index (χ0n) is 16.9. The maximum absolute atomic E-state index is 12.2. The number of amides is 1. The number of carbonyl (C=O) groups excluding carboxylic acids is 1. The quantitative estimate of drug-likeness (QED) is 0.726. The normalized spacial score (nSPS) is 15.5. The third-order valence-electron chi connectivity index (χ3n) is 4.64. The van der Waals surface area contributed by atoms with Crippen molar-refractivity contribution in [2.75, 3.05) is 39.9 Å². The Hall–Kier alpha value is -2.12. The van der Waals surface area contributed by atoms with E-state index in [1.807, 2.05) is 36.9 Å². The van der Waals surface area contributed by atoms with Gasteiger partial charge in [0.2, 0.25) is 0 Å². The van der Waals surface area contributed by atoms with Crippen LogP contribution in [0.5, 0.6) is 5.75 Å². The van der Waals surface area contributed by atoms with Crippen LogP contribution in [0.4, 0.5) is 4.79 Å². The van der Waals surface area contributed by atoms with E-state index in [1.54, 1.807) is 18.4 Å². The summed E-state index contributed by atoms with van der Waals surface area (Å²) < 4.78 is 10.7. The molecule has 152 valence electrons. The average molecular weight is 404 g/mol. The Balaban J connectivity index is 1.55. The van der Waals surface area contributed by atoms with Crippen molar-refractivity contribution < 1.29 is 14.3 Å². The van der Waals surface area contributed by atoms with Crippen LogP contribution in [0.2, 0.25) is 0 Å². The van der Waals surface area contributed by atoms with E-state index >= 15 is 0 Å². The highest BCUT2D eigenvalue weighted by Gasteiger charge is 2.21. The van der Waals surface area contributed by atoms with Crippen molar-refractivity contribution in [3.8, 4) is 16.3 Å². The van der Waals surface area contributed by atoms with Gasteiger partial charge < -0.3 is 14.4 Å². The van der Waals surface area contributed by atoms with Crippen LogP contribution in [-0.4, -0.2) is 60.8 Å². The van der Waals surface area contributed by atoms with Gasteiger partial charge in [0.1, 0.15) is 10.8 Å². The number of nitrogens with zero attached hydrogens (tertiary/aromatic N) is 3. The van der Waals surface area contributed by atoms with Crippen LogP contribution < -0.4 is 4.74 Å². The van der Waals surface area contributed by atoms with Crippen LogP contribution in [0.15, 0.2) is 29.6 Å². The van der Waals surface area contributed by atoms with Crippen LogP contribution >= 0.6 is 11.3 Å². The Labute approximate surface area is 171 Å². The largest absolute Gasteiger partial charge is 0.497 e. The number of hydrogen-bond donors (Lipinski definition) is 0. The van der Waals surface area contributed by atoms with Gasteiger partial charge >= 0.3 is 6.09 Å². The third kappa shape index (κ3) is 5.69. The van der Waals surface area contributed by atoms with Gasteiger partial charge in [-0.1, -0.05) is 26.0 Å². The first-order valence-corrected chi connectivity index (χ1v) is 10.7. The molecule has 0 unspecified atom stereocenters. The summed E-state index contributed by atoms with van der Waals surface area (Å²) in [5.74, 6) is 1.20. The number of ether oxygens (including phenoxy) is 2. The monoisotopic (exact) mass is 403 g/mol. The van der Waals surface area contributed by atoms with E-state index in [4.69, 9.17) is 14.5 Å². The predicted molar refractivity (Wildman–Crippen MR) is 112 cm³/mol. The summed E-state index contributed by atoms with van der Waals surface area (Å²) in [6.45, 7) is 8.61. The Morgan fingerprint density at radius 3 is 2.89 bits per heavy atom. The summed E-state index contributed by atoms with van der Waals surface area (Å²) in [4.78, 5) is 21.2. The van der Waals surface area contributed by atoms with E-state index in [2.05, 4.69) is 16.3 Å². The van der Waals surface area contributed by atoms with Gasteiger partial charge in [-0.15, -0.1) is 11.3 Å². The molecular formula is C21H29N3O3S. The van der Waals surface area contributed by atoms with E-state index in [-0.39, 0.29) is 6.09 Å². The van der Waals surface area contributed by atoms with Crippen LogP contribution in [0, 0.1) is 5.92 Å². The maximum Gasteiger partial charge on any atom is 0.409 e. The van der Waals surface area contributed by atoms with E-state index in [0.717, 1.165) is 54.6 Å². The van der Waals surface area contributed by atoms with Gasteiger partial charge in [-0.2, -0.15) is 0 Å². The molecule has 1 aromatic heterocycles. The lowest BCUT2D eigenvalue weighted by Gasteiger charge is -2.21.